The Morgan fingerprint density at radius 3 is 2.09 bits per heavy atom. The Labute approximate surface area is 93.3 Å². The smallest absolute Gasteiger partial charge is 0.0585 e. The molecule has 1 aromatic rings. The number of hydrogen-bond acceptors (Lipinski definition) is 1. The second-order valence-corrected chi connectivity index (χ2v) is 4.43. The van der Waals surface area contributed by atoms with Gasteiger partial charge in [0.2, 0.25) is 0 Å². The van der Waals surface area contributed by atoms with Crippen molar-refractivity contribution in [3.8, 4) is 0 Å². The summed E-state index contributed by atoms with van der Waals surface area (Å²) in [5.41, 5.74) is 7.73. The molecule has 0 aliphatic rings. The van der Waals surface area contributed by atoms with Crippen LogP contribution in [0.5, 0.6) is 0 Å². The highest BCUT2D eigenvalue weighted by Crippen LogP contribution is 2.23. The van der Waals surface area contributed by atoms with Crippen LogP contribution < -0.4 is 5.73 Å². The fourth-order valence-corrected chi connectivity index (χ4v) is 2.54. The summed E-state index contributed by atoms with van der Waals surface area (Å²) < 4.78 is 2.17. The van der Waals surface area contributed by atoms with Gasteiger partial charge in [0.1, 0.15) is 0 Å². The summed E-state index contributed by atoms with van der Waals surface area (Å²) in [7, 11) is 0. The van der Waals surface area contributed by atoms with Gasteiger partial charge >= 0.3 is 0 Å². The van der Waals surface area contributed by atoms with Crippen LogP contribution in [0.1, 0.15) is 5.56 Å². The minimum absolute atomic E-state index is 0.858. The fraction of sp³-hybridized carbons (Fsp3) is 0. The third-order valence-corrected chi connectivity index (χ3v) is 3.12. The molecular formula is C8H7I2N. The lowest BCUT2D eigenvalue weighted by Gasteiger charge is -2.02. The Morgan fingerprint density at radius 1 is 1.27 bits per heavy atom. The zero-order valence-electron chi connectivity index (χ0n) is 5.77. The topological polar surface area (TPSA) is 26.0 Å². The van der Waals surface area contributed by atoms with Crippen molar-refractivity contribution in [1.82, 2.24) is 0 Å². The van der Waals surface area contributed by atoms with Crippen molar-refractivity contribution >= 4 is 56.9 Å². The van der Waals surface area contributed by atoms with E-state index in [1.165, 1.54) is 0 Å². The molecule has 1 nitrogen and oxygen atoms in total. The molecule has 0 aliphatic heterocycles. The van der Waals surface area contributed by atoms with Gasteiger partial charge in [-0.05, 0) is 62.9 Å². The summed E-state index contributed by atoms with van der Waals surface area (Å²) in [5.74, 6) is 0. The predicted octanol–water partition coefficient (Wildman–Crippen LogP) is 3.12. The number of benzene rings is 1. The molecule has 0 atom stereocenters. The standard InChI is InChI=1S/C8H7I2N/c1-2-5-3-6(9)8(11)7(10)4-5/h2-4H,1,11H2. The SMILES string of the molecule is C=Cc1cc(I)c(N)c(I)c1. The van der Waals surface area contributed by atoms with Gasteiger partial charge in [-0.15, -0.1) is 0 Å². The van der Waals surface area contributed by atoms with E-state index in [4.69, 9.17) is 5.73 Å². The first-order chi connectivity index (χ1) is 5.15. The van der Waals surface area contributed by atoms with Crippen molar-refractivity contribution < 1.29 is 0 Å². The molecular weight excluding hydrogens is 364 g/mol. The van der Waals surface area contributed by atoms with E-state index in [1.54, 1.807) is 0 Å². The lowest BCUT2D eigenvalue weighted by Crippen LogP contribution is -1.93. The molecule has 58 valence electrons. The van der Waals surface area contributed by atoms with Gasteiger partial charge in [0, 0.05) is 7.14 Å². The summed E-state index contributed by atoms with van der Waals surface area (Å²) in [5, 5.41) is 0. The Balaban J connectivity index is 3.31. The highest BCUT2D eigenvalue weighted by Gasteiger charge is 2.00. The largest absolute Gasteiger partial charge is 0.397 e. The van der Waals surface area contributed by atoms with Crippen molar-refractivity contribution in [1.29, 1.82) is 0 Å². The molecule has 1 rings (SSSR count). The molecule has 0 radical (unpaired) electrons. The fourth-order valence-electron chi connectivity index (χ4n) is 0.722. The maximum atomic E-state index is 5.76. The minimum atomic E-state index is 0.858. The second-order valence-electron chi connectivity index (χ2n) is 2.10. The van der Waals surface area contributed by atoms with Crippen LogP contribution in [0, 0.1) is 7.14 Å². The highest BCUT2D eigenvalue weighted by molar-refractivity contribution is 14.1. The lowest BCUT2D eigenvalue weighted by molar-refractivity contribution is 1.55. The van der Waals surface area contributed by atoms with Crippen LogP contribution in [-0.4, -0.2) is 0 Å². The molecule has 3 heteroatoms. The molecule has 0 aliphatic carbocycles. The van der Waals surface area contributed by atoms with Crippen LogP contribution in [-0.2, 0) is 0 Å². The molecule has 2 N–H and O–H groups in total. The average molecular weight is 371 g/mol. The van der Waals surface area contributed by atoms with Gasteiger partial charge < -0.3 is 5.73 Å². The Kier molecular flexibility index (Phi) is 3.17. The van der Waals surface area contributed by atoms with Gasteiger partial charge in [-0.2, -0.15) is 0 Å². The number of nitrogens with two attached hydrogens (primary N) is 1. The van der Waals surface area contributed by atoms with Crippen LogP contribution in [0.25, 0.3) is 6.08 Å². The number of anilines is 1. The van der Waals surface area contributed by atoms with E-state index in [0.717, 1.165) is 18.4 Å². The van der Waals surface area contributed by atoms with Crippen LogP contribution in [0.3, 0.4) is 0 Å². The Hall–Kier alpha value is 0.220. The number of nitrogen functional groups attached to an aromatic ring is 1. The van der Waals surface area contributed by atoms with Gasteiger partial charge in [0.05, 0.1) is 5.69 Å². The molecule has 0 aromatic heterocycles. The van der Waals surface area contributed by atoms with Crippen LogP contribution in [0.4, 0.5) is 5.69 Å². The molecule has 11 heavy (non-hydrogen) atoms. The normalized spacial score (nSPS) is 9.64. The van der Waals surface area contributed by atoms with Crippen molar-refractivity contribution in [3.63, 3.8) is 0 Å². The second kappa shape index (κ2) is 3.75. The van der Waals surface area contributed by atoms with Crippen LogP contribution in [0.2, 0.25) is 0 Å². The van der Waals surface area contributed by atoms with E-state index < -0.39 is 0 Å². The molecule has 0 bridgehead atoms. The zero-order chi connectivity index (χ0) is 8.43. The van der Waals surface area contributed by atoms with E-state index in [0.29, 0.717) is 0 Å². The lowest BCUT2D eigenvalue weighted by atomic mass is 10.2. The number of halogens is 2. The van der Waals surface area contributed by atoms with Crippen molar-refractivity contribution in [2.75, 3.05) is 5.73 Å². The van der Waals surface area contributed by atoms with E-state index in [1.807, 2.05) is 18.2 Å². The molecule has 0 unspecified atom stereocenters. The first kappa shape index (κ1) is 9.31. The maximum Gasteiger partial charge on any atom is 0.0585 e. The molecule has 0 amide bonds. The summed E-state index contributed by atoms with van der Waals surface area (Å²) in [4.78, 5) is 0. The molecule has 0 fully saturated rings. The Bertz CT molecular complexity index is 271. The highest BCUT2D eigenvalue weighted by atomic mass is 127. The monoisotopic (exact) mass is 371 g/mol. The van der Waals surface area contributed by atoms with E-state index in [9.17, 15) is 0 Å². The summed E-state index contributed by atoms with van der Waals surface area (Å²) in [6, 6.07) is 4.04. The van der Waals surface area contributed by atoms with Gasteiger partial charge in [-0.3, -0.25) is 0 Å². The number of hydrogen-bond donors (Lipinski definition) is 1. The average Bonchev–Trinajstić information content (AvgIpc) is 1.99. The summed E-state index contributed by atoms with van der Waals surface area (Å²) in [6.07, 6.45) is 1.82. The van der Waals surface area contributed by atoms with E-state index >= 15 is 0 Å². The van der Waals surface area contributed by atoms with Gasteiger partial charge in [-0.1, -0.05) is 12.7 Å². The van der Waals surface area contributed by atoms with Crippen molar-refractivity contribution in [2.24, 2.45) is 0 Å². The predicted molar refractivity (Wildman–Crippen MR) is 66.4 cm³/mol. The Morgan fingerprint density at radius 2 is 1.73 bits per heavy atom. The van der Waals surface area contributed by atoms with Gasteiger partial charge in [0.25, 0.3) is 0 Å². The van der Waals surface area contributed by atoms with Crippen LogP contribution >= 0.6 is 45.2 Å². The van der Waals surface area contributed by atoms with Crippen molar-refractivity contribution in [3.05, 3.63) is 31.4 Å². The van der Waals surface area contributed by atoms with E-state index in [2.05, 4.69) is 51.8 Å². The molecule has 0 saturated heterocycles. The summed E-state index contributed by atoms with van der Waals surface area (Å²) >= 11 is 4.44. The molecule has 1 aromatic carbocycles. The molecule has 0 saturated carbocycles. The molecule has 0 spiro atoms. The maximum absolute atomic E-state index is 5.76. The number of rotatable bonds is 1. The van der Waals surface area contributed by atoms with Gasteiger partial charge in [0.15, 0.2) is 0 Å². The first-order valence-corrected chi connectivity index (χ1v) is 5.18. The van der Waals surface area contributed by atoms with Crippen molar-refractivity contribution in [2.45, 2.75) is 0 Å². The van der Waals surface area contributed by atoms with Gasteiger partial charge in [-0.25, -0.2) is 0 Å². The summed E-state index contributed by atoms with van der Waals surface area (Å²) in [6.45, 7) is 3.70. The molecule has 0 heterocycles. The minimum Gasteiger partial charge on any atom is -0.397 e. The third kappa shape index (κ3) is 2.08. The third-order valence-electron chi connectivity index (χ3n) is 1.34. The van der Waals surface area contributed by atoms with Crippen LogP contribution in [0.15, 0.2) is 18.7 Å². The quantitative estimate of drug-likeness (QED) is 0.596. The van der Waals surface area contributed by atoms with E-state index in [-0.39, 0.29) is 0 Å². The zero-order valence-corrected chi connectivity index (χ0v) is 10.1. The first-order valence-electron chi connectivity index (χ1n) is 3.02.